The van der Waals surface area contributed by atoms with Crippen LogP contribution in [0.15, 0.2) is 0 Å². The lowest BCUT2D eigenvalue weighted by Crippen LogP contribution is -2.16. The highest BCUT2D eigenvalue weighted by Crippen LogP contribution is 2.39. The first kappa shape index (κ1) is 6.95. The van der Waals surface area contributed by atoms with E-state index in [0.717, 1.165) is 6.61 Å². The predicted molar refractivity (Wildman–Crippen MR) is 40.9 cm³/mol. The molecule has 0 N–H and O–H groups in total. The molecule has 0 amide bonds. The van der Waals surface area contributed by atoms with Gasteiger partial charge in [-0.2, -0.15) is 0 Å². The fourth-order valence-corrected chi connectivity index (χ4v) is 1.95. The Hall–Kier alpha value is 0.270. The standard InChI is InChI=1S/C7H12O2S/c10-8-4-5-1-2-6-7(3-5)9-6/h5-7,10H,1-4H2. The van der Waals surface area contributed by atoms with Gasteiger partial charge in [-0.3, -0.25) is 0 Å². The Bertz CT molecular complexity index is 129. The molecule has 58 valence electrons. The van der Waals surface area contributed by atoms with Crippen molar-refractivity contribution < 1.29 is 8.92 Å². The smallest absolute Gasteiger partial charge is 0.0845 e. The number of thiol groups is 1. The number of hydrogen-bond donors (Lipinski definition) is 1. The Balaban J connectivity index is 1.77. The maximum atomic E-state index is 5.37. The summed E-state index contributed by atoms with van der Waals surface area (Å²) in [5, 5.41) is 0. The van der Waals surface area contributed by atoms with Crippen LogP contribution >= 0.6 is 12.9 Å². The van der Waals surface area contributed by atoms with Crippen LogP contribution in [0.3, 0.4) is 0 Å². The number of epoxide rings is 1. The zero-order valence-corrected chi connectivity index (χ0v) is 6.72. The first-order valence-corrected chi connectivity index (χ1v) is 4.18. The molecule has 0 bridgehead atoms. The average molecular weight is 160 g/mol. The molecule has 3 heteroatoms. The van der Waals surface area contributed by atoms with Gasteiger partial charge < -0.3 is 8.92 Å². The molecule has 0 spiro atoms. The summed E-state index contributed by atoms with van der Waals surface area (Å²) in [4.78, 5) is 0. The van der Waals surface area contributed by atoms with Gasteiger partial charge in [-0.25, -0.2) is 0 Å². The van der Waals surface area contributed by atoms with Gasteiger partial charge in [-0.1, -0.05) is 0 Å². The Labute approximate surface area is 66.5 Å². The van der Waals surface area contributed by atoms with E-state index in [2.05, 4.69) is 12.9 Å². The van der Waals surface area contributed by atoms with Crippen molar-refractivity contribution in [3.05, 3.63) is 0 Å². The van der Waals surface area contributed by atoms with Crippen molar-refractivity contribution in [3.8, 4) is 0 Å². The Morgan fingerprint density at radius 3 is 3.00 bits per heavy atom. The maximum Gasteiger partial charge on any atom is 0.0845 e. The van der Waals surface area contributed by atoms with Crippen LogP contribution in [0, 0.1) is 5.92 Å². The van der Waals surface area contributed by atoms with E-state index in [0.29, 0.717) is 18.1 Å². The highest BCUT2D eigenvalue weighted by molar-refractivity contribution is 7.75. The lowest BCUT2D eigenvalue weighted by atomic mass is 9.90. The second-order valence-corrected chi connectivity index (χ2v) is 3.45. The topological polar surface area (TPSA) is 21.8 Å². The monoisotopic (exact) mass is 160 g/mol. The zero-order valence-electron chi connectivity index (χ0n) is 5.82. The minimum absolute atomic E-state index is 0.572. The van der Waals surface area contributed by atoms with Crippen LogP contribution < -0.4 is 0 Å². The molecule has 1 aliphatic carbocycles. The summed E-state index contributed by atoms with van der Waals surface area (Å²) in [6.07, 6.45) is 4.85. The minimum atomic E-state index is 0.572. The van der Waals surface area contributed by atoms with Crippen LogP contribution in [-0.2, 0) is 8.92 Å². The third-order valence-corrected chi connectivity index (χ3v) is 2.57. The SMILES string of the molecule is SOCC1CCC2OC2C1. The van der Waals surface area contributed by atoms with Crippen molar-refractivity contribution in [2.45, 2.75) is 31.5 Å². The molecule has 0 aromatic heterocycles. The van der Waals surface area contributed by atoms with Gasteiger partial charge in [0.25, 0.3) is 0 Å². The Kier molecular flexibility index (Phi) is 1.89. The number of rotatable bonds is 2. The van der Waals surface area contributed by atoms with Crippen molar-refractivity contribution in [1.82, 2.24) is 0 Å². The molecular weight excluding hydrogens is 148 g/mol. The van der Waals surface area contributed by atoms with E-state index >= 15 is 0 Å². The summed E-state index contributed by atoms with van der Waals surface area (Å²) in [6.45, 7) is 0.787. The van der Waals surface area contributed by atoms with Crippen molar-refractivity contribution in [1.29, 1.82) is 0 Å². The highest BCUT2D eigenvalue weighted by atomic mass is 32.1. The second kappa shape index (κ2) is 2.72. The molecular formula is C7H12O2S. The third kappa shape index (κ3) is 1.31. The molecule has 0 aromatic rings. The summed E-state index contributed by atoms with van der Waals surface area (Å²) in [7, 11) is 0. The average Bonchev–Trinajstić information content (AvgIpc) is 2.66. The fraction of sp³-hybridized carbons (Fsp3) is 1.00. The lowest BCUT2D eigenvalue weighted by Gasteiger charge is -2.16. The predicted octanol–water partition coefficient (Wildman–Crippen LogP) is 1.42. The van der Waals surface area contributed by atoms with E-state index in [1.165, 1.54) is 19.3 Å². The van der Waals surface area contributed by atoms with Gasteiger partial charge in [0.15, 0.2) is 0 Å². The summed E-state index contributed by atoms with van der Waals surface area (Å²) >= 11 is 3.73. The van der Waals surface area contributed by atoms with E-state index in [9.17, 15) is 0 Å². The van der Waals surface area contributed by atoms with E-state index in [1.54, 1.807) is 0 Å². The molecule has 3 unspecified atom stereocenters. The van der Waals surface area contributed by atoms with Gasteiger partial charge in [-0.15, -0.1) is 0 Å². The summed E-state index contributed by atoms with van der Waals surface area (Å²) in [5.74, 6) is 0.696. The molecule has 1 heterocycles. The van der Waals surface area contributed by atoms with E-state index in [1.807, 2.05) is 0 Å². The van der Waals surface area contributed by atoms with Crippen molar-refractivity contribution in [2.75, 3.05) is 6.61 Å². The third-order valence-electron chi connectivity index (χ3n) is 2.42. The molecule has 1 aliphatic heterocycles. The van der Waals surface area contributed by atoms with E-state index in [4.69, 9.17) is 8.92 Å². The summed E-state index contributed by atoms with van der Waals surface area (Å²) in [5.41, 5.74) is 0. The summed E-state index contributed by atoms with van der Waals surface area (Å²) in [6, 6.07) is 0. The van der Waals surface area contributed by atoms with E-state index in [-0.39, 0.29) is 0 Å². The number of hydrogen-bond acceptors (Lipinski definition) is 3. The molecule has 3 atom stereocenters. The molecule has 0 radical (unpaired) electrons. The van der Waals surface area contributed by atoms with Crippen LogP contribution in [0.4, 0.5) is 0 Å². The quantitative estimate of drug-likeness (QED) is 0.375. The fourth-order valence-electron chi connectivity index (χ4n) is 1.74. The number of ether oxygens (including phenoxy) is 1. The van der Waals surface area contributed by atoms with Gasteiger partial charge in [0.2, 0.25) is 0 Å². The second-order valence-electron chi connectivity index (χ2n) is 3.19. The normalized spacial score (nSPS) is 44.7. The molecule has 1 saturated heterocycles. The van der Waals surface area contributed by atoms with Crippen LogP contribution in [-0.4, -0.2) is 18.8 Å². The minimum Gasteiger partial charge on any atom is -0.370 e. The van der Waals surface area contributed by atoms with E-state index < -0.39 is 0 Å². The lowest BCUT2D eigenvalue weighted by molar-refractivity contribution is 0.249. The molecule has 2 aliphatic rings. The first-order valence-electron chi connectivity index (χ1n) is 3.82. The molecule has 10 heavy (non-hydrogen) atoms. The van der Waals surface area contributed by atoms with Gasteiger partial charge in [0.05, 0.1) is 18.8 Å². The van der Waals surface area contributed by atoms with Gasteiger partial charge >= 0.3 is 0 Å². The van der Waals surface area contributed by atoms with Crippen molar-refractivity contribution >= 4 is 12.9 Å². The molecule has 2 nitrogen and oxygen atoms in total. The Morgan fingerprint density at radius 2 is 2.30 bits per heavy atom. The first-order chi connectivity index (χ1) is 4.90. The van der Waals surface area contributed by atoms with Gasteiger partial charge in [-0.05, 0) is 38.1 Å². The molecule has 2 fully saturated rings. The van der Waals surface area contributed by atoms with Crippen molar-refractivity contribution in [2.24, 2.45) is 5.92 Å². The highest BCUT2D eigenvalue weighted by Gasteiger charge is 2.43. The molecule has 0 aromatic carbocycles. The van der Waals surface area contributed by atoms with Gasteiger partial charge in [0.1, 0.15) is 0 Å². The van der Waals surface area contributed by atoms with Crippen LogP contribution in [0.2, 0.25) is 0 Å². The Morgan fingerprint density at radius 1 is 1.40 bits per heavy atom. The maximum absolute atomic E-state index is 5.37. The van der Waals surface area contributed by atoms with Crippen LogP contribution in [0.5, 0.6) is 0 Å². The zero-order chi connectivity index (χ0) is 6.97. The van der Waals surface area contributed by atoms with Crippen LogP contribution in [0.25, 0.3) is 0 Å². The molecule has 2 rings (SSSR count). The van der Waals surface area contributed by atoms with Crippen molar-refractivity contribution in [3.63, 3.8) is 0 Å². The van der Waals surface area contributed by atoms with Gasteiger partial charge in [0, 0.05) is 0 Å². The van der Waals surface area contributed by atoms with Crippen LogP contribution in [0.1, 0.15) is 19.3 Å². The summed E-state index contributed by atoms with van der Waals surface area (Å²) < 4.78 is 10.2. The number of fused-ring (bicyclic) bond motifs is 1. The largest absolute Gasteiger partial charge is 0.370 e. The molecule has 1 saturated carbocycles.